The molecule has 35 heavy (non-hydrogen) atoms. The Labute approximate surface area is 194 Å². The Hall–Kier alpha value is -4.35. The van der Waals surface area contributed by atoms with Crippen molar-refractivity contribution >= 4 is 6.21 Å². The van der Waals surface area contributed by atoms with E-state index in [-0.39, 0.29) is 35.7 Å². The first-order chi connectivity index (χ1) is 16.7. The molecule has 0 bridgehead atoms. The number of H-pyrrole nitrogens is 1. The number of hydrazone groups is 1. The van der Waals surface area contributed by atoms with Crippen LogP contribution < -0.4 is 0 Å². The second kappa shape index (κ2) is 8.46. The first-order valence-corrected chi connectivity index (χ1v) is 10.2. The first-order valence-electron chi connectivity index (χ1n) is 10.2. The van der Waals surface area contributed by atoms with Crippen LogP contribution in [0.3, 0.4) is 0 Å². The zero-order valence-corrected chi connectivity index (χ0v) is 17.7. The van der Waals surface area contributed by atoms with E-state index in [4.69, 9.17) is 0 Å². The summed E-state index contributed by atoms with van der Waals surface area (Å²) in [6, 6.07) is 9.66. The second-order valence-electron chi connectivity index (χ2n) is 7.76. The zero-order valence-electron chi connectivity index (χ0n) is 17.7. The van der Waals surface area contributed by atoms with Crippen molar-refractivity contribution in [3.05, 3.63) is 82.8 Å². The maximum atomic E-state index is 14.1. The van der Waals surface area contributed by atoms with E-state index < -0.39 is 29.1 Å². The number of aromatic nitrogens is 4. The van der Waals surface area contributed by atoms with E-state index in [9.17, 15) is 27.1 Å². The fraction of sp³-hybridized carbons (Fsp3) is 0.130. The SMILES string of the molecule is Oc1ccc(-c2ccc(CN3Cc4[nH]c(-c5cccc(F)c5F)nc4C=N3)nn2)c(C(F)(F)F)c1. The molecule has 0 saturated heterocycles. The highest BCUT2D eigenvalue weighted by Crippen LogP contribution is 2.38. The fourth-order valence-electron chi connectivity index (χ4n) is 3.69. The van der Waals surface area contributed by atoms with Crippen molar-refractivity contribution in [1.29, 1.82) is 0 Å². The monoisotopic (exact) mass is 486 g/mol. The number of phenolic OH excluding ortho intramolecular Hbond substituents is 1. The number of rotatable bonds is 4. The highest BCUT2D eigenvalue weighted by atomic mass is 19.4. The number of aromatic amines is 1. The van der Waals surface area contributed by atoms with Gasteiger partial charge in [0.05, 0.1) is 47.5 Å². The quantitative estimate of drug-likeness (QED) is 0.401. The first kappa shape index (κ1) is 22.4. The molecule has 0 unspecified atom stereocenters. The number of imidazole rings is 1. The number of halogens is 5. The Morgan fingerprint density at radius 1 is 1.00 bits per heavy atom. The van der Waals surface area contributed by atoms with Crippen LogP contribution in [0.1, 0.15) is 22.6 Å². The number of aromatic hydroxyl groups is 1. The van der Waals surface area contributed by atoms with Crippen LogP contribution in [0.2, 0.25) is 0 Å². The summed E-state index contributed by atoms with van der Waals surface area (Å²) in [7, 11) is 0. The van der Waals surface area contributed by atoms with Crippen LogP contribution in [0.4, 0.5) is 22.0 Å². The van der Waals surface area contributed by atoms with Crippen molar-refractivity contribution in [1.82, 2.24) is 25.2 Å². The minimum atomic E-state index is -4.67. The molecule has 4 aromatic rings. The van der Waals surface area contributed by atoms with Crippen molar-refractivity contribution in [2.75, 3.05) is 0 Å². The van der Waals surface area contributed by atoms with Gasteiger partial charge in [-0.15, -0.1) is 0 Å². The zero-order chi connectivity index (χ0) is 24.7. The number of alkyl halides is 3. The van der Waals surface area contributed by atoms with Crippen molar-refractivity contribution in [3.8, 4) is 28.4 Å². The van der Waals surface area contributed by atoms with Crippen LogP contribution in [0.25, 0.3) is 22.6 Å². The Bertz CT molecular complexity index is 1430. The molecular formula is C23H15F5N6O. The van der Waals surface area contributed by atoms with Gasteiger partial charge in [-0.1, -0.05) is 6.07 Å². The highest BCUT2D eigenvalue weighted by Gasteiger charge is 2.34. The van der Waals surface area contributed by atoms with Gasteiger partial charge in [-0.05, 0) is 42.5 Å². The topological polar surface area (TPSA) is 90.3 Å². The van der Waals surface area contributed by atoms with Gasteiger partial charge in [0.1, 0.15) is 17.3 Å². The number of nitrogens with zero attached hydrogens (tertiary/aromatic N) is 5. The maximum Gasteiger partial charge on any atom is 0.417 e. The Morgan fingerprint density at radius 3 is 2.57 bits per heavy atom. The lowest BCUT2D eigenvalue weighted by Gasteiger charge is -2.20. The third-order valence-corrected chi connectivity index (χ3v) is 5.35. The van der Waals surface area contributed by atoms with Crippen molar-refractivity contribution in [2.24, 2.45) is 5.10 Å². The predicted octanol–water partition coefficient (Wildman–Crippen LogP) is 4.89. The minimum Gasteiger partial charge on any atom is -0.508 e. The average molecular weight is 486 g/mol. The molecule has 7 nitrogen and oxygen atoms in total. The van der Waals surface area contributed by atoms with Crippen LogP contribution in [-0.4, -0.2) is 36.5 Å². The summed E-state index contributed by atoms with van der Waals surface area (Å²) in [6.07, 6.45) is -3.21. The smallest absolute Gasteiger partial charge is 0.417 e. The normalized spacial score (nSPS) is 13.2. The molecule has 2 N–H and O–H groups in total. The molecule has 1 aliphatic rings. The molecule has 1 aliphatic heterocycles. The molecule has 2 aromatic heterocycles. The molecule has 0 fully saturated rings. The summed E-state index contributed by atoms with van der Waals surface area (Å²) in [4.78, 5) is 7.24. The summed E-state index contributed by atoms with van der Waals surface area (Å²) in [5.74, 6) is -2.33. The number of nitrogens with one attached hydrogen (secondary N) is 1. The van der Waals surface area contributed by atoms with E-state index in [2.05, 4.69) is 25.3 Å². The van der Waals surface area contributed by atoms with Gasteiger partial charge in [0.25, 0.3) is 0 Å². The molecule has 0 spiro atoms. The summed E-state index contributed by atoms with van der Waals surface area (Å²) >= 11 is 0. The lowest BCUT2D eigenvalue weighted by molar-refractivity contribution is -0.137. The van der Waals surface area contributed by atoms with E-state index in [0.29, 0.717) is 23.1 Å². The van der Waals surface area contributed by atoms with Gasteiger partial charge in [0.2, 0.25) is 0 Å². The molecule has 2 aromatic carbocycles. The summed E-state index contributed by atoms with van der Waals surface area (Å²) in [5.41, 5.74) is 0.323. The molecule has 0 saturated carbocycles. The Morgan fingerprint density at radius 2 is 1.83 bits per heavy atom. The third-order valence-electron chi connectivity index (χ3n) is 5.35. The lowest BCUT2D eigenvalue weighted by atomic mass is 10.0. The van der Waals surface area contributed by atoms with Gasteiger partial charge in [-0.25, -0.2) is 13.8 Å². The molecule has 0 atom stereocenters. The second-order valence-corrected chi connectivity index (χ2v) is 7.76. The van der Waals surface area contributed by atoms with Gasteiger partial charge in [0.15, 0.2) is 11.6 Å². The molecule has 0 radical (unpaired) electrons. The number of benzene rings is 2. The molecule has 178 valence electrons. The van der Waals surface area contributed by atoms with Crippen molar-refractivity contribution in [2.45, 2.75) is 19.3 Å². The Kier molecular flexibility index (Phi) is 5.42. The van der Waals surface area contributed by atoms with E-state index in [1.807, 2.05) is 0 Å². The fourth-order valence-corrected chi connectivity index (χ4v) is 3.69. The lowest BCUT2D eigenvalue weighted by Crippen LogP contribution is -2.22. The number of fused-ring (bicyclic) bond motifs is 1. The van der Waals surface area contributed by atoms with E-state index in [0.717, 1.165) is 18.2 Å². The van der Waals surface area contributed by atoms with E-state index in [1.165, 1.54) is 30.5 Å². The summed E-state index contributed by atoms with van der Waals surface area (Å²) in [5, 5.41) is 23.2. The van der Waals surface area contributed by atoms with E-state index >= 15 is 0 Å². The van der Waals surface area contributed by atoms with Crippen LogP contribution in [0.15, 0.2) is 53.6 Å². The van der Waals surface area contributed by atoms with Crippen LogP contribution in [0, 0.1) is 11.6 Å². The van der Waals surface area contributed by atoms with Gasteiger partial charge in [0, 0.05) is 5.56 Å². The standard InChI is InChI=1S/C23H15F5N6O/c24-17-3-1-2-15(21(17)25)22-30-19-9-29-34(11-20(19)31-22)10-12-4-7-18(33-32-12)14-6-5-13(35)8-16(14)23(26,27)28/h1-9,35H,10-11H2,(H,30,31). The molecule has 0 amide bonds. The molecule has 5 rings (SSSR count). The van der Waals surface area contributed by atoms with Gasteiger partial charge < -0.3 is 10.1 Å². The van der Waals surface area contributed by atoms with Gasteiger partial charge >= 0.3 is 6.18 Å². The average Bonchev–Trinajstić information content (AvgIpc) is 3.24. The van der Waals surface area contributed by atoms with Crippen molar-refractivity contribution < 1.29 is 27.1 Å². The number of hydrogen-bond donors (Lipinski definition) is 2. The molecule has 3 heterocycles. The largest absolute Gasteiger partial charge is 0.508 e. The maximum absolute atomic E-state index is 14.1. The number of hydrogen-bond acceptors (Lipinski definition) is 6. The summed E-state index contributed by atoms with van der Waals surface area (Å²) < 4.78 is 67.7. The highest BCUT2D eigenvalue weighted by molar-refractivity contribution is 5.80. The molecule has 0 aliphatic carbocycles. The molecular weight excluding hydrogens is 471 g/mol. The third kappa shape index (κ3) is 4.42. The van der Waals surface area contributed by atoms with Crippen LogP contribution in [-0.2, 0) is 19.3 Å². The van der Waals surface area contributed by atoms with Crippen LogP contribution >= 0.6 is 0 Å². The van der Waals surface area contributed by atoms with Crippen LogP contribution in [0.5, 0.6) is 5.75 Å². The summed E-state index contributed by atoms with van der Waals surface area (Å²) in [6.45, 7) is 0.447. The van der Waals surface area contributed by atoms with Gasteiger partial charge in [-0.3, -0.25) is 5.01 Å². The Balaban J connectivity index is 1.33. The number of phenols is 1. The van der Waals surface area contributed by atoms with Gasteiger partial charge in [-0.2, -0.15) is 28.5 Å². The minimum absolute atomic E-state index is 0.000774. The molecule has 12 heteroatoms. The van der Waals surface area contributed by atoms with E-state index in [1.54, 1.807) is 5.01 Å². The predicted molar refractivity (Wildman–Crippen MR) is 115 cm³/mol. The van der Waals surface area contributed by atoms with Crippen molar-refractivity contribution in [3.63, 3.8) is 0 Å².